The van der Waals surface area contributed by atoms with Crippen molar-refractivity contribution in [2.24, 2.45) is 0 Å². The Bertz CT molecular complexity index is 1110. The van der Waals surface area contributed by atoms with Gasteiger partial charge in [-0.25, -0.2) is 0 Å². The molecule has 8 nitrogen and oxygen atoms in total. The van der Waals surface area contributed by atoms with Crippen molar-refractivity contribution in [1.82, 2.24) is 15.5 Å². The summed E-state index contributed by atoms with van der Waals surface area (Å²) in [6.07, 6.45) is 2.12. The zero-order chi connectivity index (χ0) is 25.9. The minimum Gasteiger partial charge on any atom is -0.390 e. The molecular weight excluding hydrogens is 456 g/mol. The Morgan fingerprint density at radius 1 is 1.25 bits per heavy atom. The van der Waals surface area contributed by atoms with E-state index >= 15 is 0 Å². The van der Waals surface area contributed by atoms with Crippen molar-refractivity contribution in [3.8, 4) is 0 Å². The molecule has 36 heavy (non-hydrogen) atoms. The van der Waals surface area contributed by atoms with Crippen LogP contribution < -0.4 is 10.6 Å². The molecule has 1 heterocycles. The molecule has 0 spiro atoms. The van der Waals surface area contributed by atoms with Gasteiger partial charge in [-0.2, -0.15) is 0 Å². The average Bonchev–Trinajstić information content (AvgIpc) is 3.20. The number of carbonyl (C=O) groups is 2. The number of rotatable bonds is 9. The number of nitrogens with one attached hydrogen (secondary N) is 3. The van der Waals surface area contributed by atoms with Crippen LogP contribution in [0.25, 0.3) is 0 Å². The van der Waals surface area contributed by atoms with Crippen molar-refractivity contribution in [2.45, 2.75) is 69.7 Å². The van der Waals surface area contributed by atoms with Gasteiger partial charge in [0.1, 0.15) is 0 Å². The van der Waals surface area contributed by atoms with E-state index in [2.05, 4.69) is 10.6 Å². The van der Waals surface area contributed by atoms with Gasteiger partial charge in [0.2, 0.25) is 5.91 Å². The molecule has 1 aliphatic carbocycles. The van der Waals surface area contributed by atoms with E-state index in [1.54, 1.807) is 25.3 Å². The highest BCUT2D eigenvalue weighted by atomic mass is 16.5. The van der Waals surface area contributed by atoms with Gasteiger partial charge >= 0.3 is 0 Å². The van der Waals surface area contributed by atoms with Crippen LogP contribution in [0, 0.1) is 5.41 Å². The molecule has 2 aliphatic rings. The molecule has 1 saturated heterocycles. The molecule has 0 bridgehead atoms. The summed E-state index contributed by atoms with van der Waals surface area (Å²) < 4.78 is 5.31. The molecule has 2 amide bonds. The maximum absolute atomic E-state index is 13.3. The number of aliphatic hydroxyl groups is 1. The van der Waals surface area contributed by atoms with Gasteiger partial charge in [-0.1, -0.05) is 50.2 Å². The maximum atomic E-state index is 13.3. The third-order valence-corrected chi connectivity index (χ3v) is 7.67. The molecule has 3 atom stereocenters. The summed E-state index contributed by atoms with van der Waals surface area (Å²) in [6, 6.07) is 14.0. The zero-order valence-corrected chi connectivity index (χ0v) is 21.2. The van der Waals surface area contributed by atoms with Gasteiger partial charge in [-0.3, -0.25) is 19.9 Å². The number of benzene rings is 2. The van der Waals surface area contributed by atoms with Gasteiger partial charge in [0.15, 0.2) is 5.96 Å². The van der Waals surface area contributed by atoms with Gasteiger partial charge in [0, 0.05) is 31.2 Å². The highest BCUT2D eigenvalue weighted by Crippen LogP contribution is 2.34. The molecular formula is C28H36N4O4. The normalized spacial score (nSPS) is 21.6. The third-order valence-electron chi connectivity index (χ3n) is 7.67. The van der Waals surface area contributed by atoms with Crippen LogP contribution in [0.1, 0.15) is 78.7 Å². The fourth-order valence-corrected chi connectivity index (χ4v) is 5.40. The number of guanidine groups is 1. The fraction of sp³-hybridized carbons (Fsp3) is 0.464. The van der Waals surface area contributed by atoms with E-state index < -0.39 is 23.7 Å². The number of fused-ring (bicyclic) bond motifs is 1. The lowest BCUT2D eigenvalue weighted by Gasteiger charge is -2.45. The third kappa shape index (κ3) is 5.01. The Labute approximate surface area is 212 Å². The summed E-state index contributed by atoms with van der Waals surface area (Å²) in [5.41, 5.74) is 2.76. The second kappa shape index (κ2) is 10.8. The van der Waals surface area contributed by atoms with E-state index in [0.29, 0.717) is 31.4 Å². The molecule has 1 unspecified atom stereocenters. The smallest absolute Gasteiger partial charge is 0.251 e. The van der Waals surface area contributed by atoms with Crippen LogP contribution in [0.2, 0.25) is 0 Å². The zero-order valence-electron chi connectivity index (χ0n) is 21.2. The standard InChI is InChI=1S/C28H36N4O4/c1-4-28(5-2)17-24(34)32(27(29)31-28)22(13-14-36-3)19-10-8-11-20(15-19)26(35)30-25-21-12-7-6-9-18(21)16-23(25)33/h6-12,15,22-23,25,33H,4-5,13-14,16-17H2,1-3H3,(H2,29,31)(H,30,35)/t22?,23-,25+/m0/s1. The van der Waals surface area contributed by atoms with E-state index in [4.69, 9.17) is 10.1 Å². The molecule has 2 aromatic rings. The van der Waals surface area contributed by atoms with Crippen molar-refractivity contribution < 1.29 is 19.4 Å². The Balaban J connectivity index is 1.58. The number of hydrogen-bond acceptors (Lipinski definition) is 5. The lowest BCUT2D eigenvalue weighted by molar-refractivity contribution is -0.133. The van der Waals surface area contributed by atoms with Crippen LogP contribution >= 0.6 is 0 Å². The first-order valence-corrected chi connectivity index (χ1v) is 12.7. The molecule has 2 aromatic carbocycles. The van der Waals surface area contributed by atoms with Crippen LogP contribution in [0.3, 0.4) is 0 Å². The molecule has 8 heteroatoms. The Kier molecular flexibility index (Phi) is 7.76. The number of ether oxygens (including phenoxy) is 1. The topological polar surface area (TPSA) is 115 Å². The molecule has 0 radical (unpaired) electrons. The van der Waals surface area contributed by atoms with Crippen molar-refractivity contribution in [3.63, 3.8) is 0 Å². The number of carbonyl (C=O) groups excluding carboxylic acids is 2. The molecule has 4 rings (SSSR count). The van der Waals surface area contributed by atoms with Crippen LogP contribution in [-0.4, -0.2) is 53.1 Å². The highest BCUT2D eigenvalue weighted by molar-refractivity contribution is 6.00. The quantitative estimate of drug-likeness (QED) is 0.428. The van der Waals surface area contributed by atoms with Crippen molar-refractivity contribution >= 4 is 17.8 Å². The van der Waals surface area contributed by atoms with E-state index in [0.717, 1.165) is 29.5 Å². The SMILES string of the molecule is CCC1(CC)CC(=O)N(C(CCOC)c2cccc(C(=O)N[C@@H]3c4ccccc4C[C@@H]3O)c2)C(=N)N1. The summed E-state index contributed by atoms with van der Waals surface area (Å²) in [5, 5.41) is 25.5. The lowest BCUT2D eigenvalue weighted by atomic mass is 9.86. The molecule has 1 aliphatic heterocycles. The average molecular weight is 493 g/mol. The van der Waals surface area contributed by atoms with Gasteiger partial charge in [-0.05, 0) is 48.1 Å². The number of aliphatic hydroxyl groups excluding tert-OH is 1. The maximum Gasteiger partial charge on any atom is 0.251 e. The predicted octanol–water partition coefficient (Wildman–Crippen LogP) is 3.47. The minimum absolute atomic E-state index is 0.0802. The first-order chi connectivity index (χ1) is 17.3. The summed E-state index contributed by atoms with van der Waals surface area (Å²) in [4.78, 5) is 28.0. The first kappa shape index (κ1) is 25.9. The monoisotopic (exact) mass is 492 g/mol. The predicted molar refractivity (Wildman–Crippen MR) is 138 cm³/mol. The summed E-state index contributed by atoms with van der Waals surface area (Å²) >= 11 is 0. The highest BCUT2D eigenvalue weighted by Gasteiger charge is 2.42. The van der Waals surface area contributed by atoms with Gasteiger partial charge in [-0.15, -0.1) is 0 Å². The van der Waals surface area contributed by atoms with Gasteiger partial charge < -0.3 is 20.5 Å². The fourth-order valence-electron chi connectivity index (χ4n) is 5.40. The first-order valence-electron chi connectivity index (χ1n) is 12.7. The van der Waals surface area contributed by atoms with Crippen molar-refractivity contribution in [2.75, 3.05) is 13.7 Å². The molecule has 0 saturated carbocycles. The number of nitrogens with zero attached hydrogens (tertiary/aromatic N) is 1. The lowest BCUT2D eigenvalue weighted by Crippen LogP contribution is -2.62. The molecule has 0 aromatic heterocycles. The van der Waals surface area contributed by atoms with Crippen molar-refractivity contribution in [1.29, 1.82) is 5.41 Å². The van der Waals surface area contributed by atoms with Gasteiger partial charge in [0.25, 0.3) is 5.91 Å². The molecule has 192 valence electrons. The Hall–Kier alpha value is -3.23. The van der Waals surface area contributed by atoms with E-state index in [-0.39, 0.29) is 17.8 Å². The summed E-state index contributed by atoms with van der Waals surface area (Å²) in [7, 11) is 1.60. The Morgan fingerprint density at radius 2 is 2.00 bits per heavy atom. The summed E-state index contributed by atoms with van der Waals surface area (Å²) in [6.45, 7) is 4.45. The second-order valence-electron chi connectivity index (χ2n) is 9.75. The van der Waals surface area contributed by atoms with Crippen LogP contribution in [-0.2, 0) is 16.0 Å². The van der Waals surface area contributed by atoms with E-state index in [1.165, 1.54) is 4.90 Å². The second-order valence-corrected chi connectivity index (χ2v) is 9.75. The largest absolute Gasteiger partial charge is 0.390 e. The van der Waals surface area contributed by atoms with Crippen LogP contribution in [0.4, 0.5) is 0 Å². The number of amides is 2. The number of methoxy groups -OCH3 is 1. The van der Waals surface area contributed by atoms with E-state index in [1.807, 2.05) is 44.2 Å². The number of hydrogen-bond donors (Lipinski definition) is 4. The Morgan fingerprint density at radius 3 is 2.69 bits per heavy atom. The van der Waals surface area contributed by atoms with Crippen LogP contribution in [0.15, 0.2) is 48.5 Å². The minimum atomic E-state index is -0.682. The molecule has 1 fully saturated rings. The van der Waals surface area contributed by atoms with Gasteiger partial charge in [0.05, 0.1) is 24.6 Å². The summed E-state index contributed by atoms with van der Waals surface area (Å²) in [5.74, 6) is -0.321. The van der Waals surface area contributed by atoms with Crippen LogP contribution in [0.5, 0.6) is 0 Å². The van der Waals surface area contributed by atoms with Crippen molar-refractivity contribution in [3.05, 3.63) is 70.8 Å². The molecule has 4 N–H and O–H groups in total. The van der Waals surface area contributed by atoms with E-state index in [9.17, 15) is 14.7 Å².